The maximum atomic E-state index is 12.7. The number of carbonyl (C=O) groups is 2. The molecule has 0 N–H and O–H groups in total. The third-order valence-corrected chi connectivity index (χ3v) is 9.96. The van der Waals surface area contributed by atoms with Gasteiger partial charge in [-0.3, -0.25) is 14.2 Å². The van der Waals surface area contributed by atoms with E-state index in [-0.39, 0.29) is 26.1 Å². The summed E-state index contributed by atoms with van der Waals surface area (Å²) in [7, 11) is 1.13. The van der Waals surface area contributed by atoms with Gasteiger partial charge in [-0.15, -0.1) is 0 Å². The molecule has 0 heterocycles. The van der Waals surface area contributed by atoms with Crippen molar-refractivity contribution in [3.05, 3.63) is 60.8 Å². The van der Waals surface area contributed by atoms with Crippen LogP contribution in [0.1, 0.15) is 168 Å². The highest BCUT2D eigenvalue weighted by atomic mass is 31.2. The Hall–Kier alpha value is -2.29. The van der Waals surface area contributed by atoms with Gasteiger partial charge in [-0.2, -0.15) is 0 Å². The number of ether oxygens (including phenoxy) is 2. The third kappa shape index (κ3) is 41.3. The van der Waals surface area contributed by atoms with E-state index in [1.54, 1.807) is 0 Å². The van der Waals surface area contributed by atoms with Crippen LogP contribution in [0, 0.1) is 0 Å². The average molecular weight is 808 g/mol. The maximum Gasteiger partial charge on any atom is 0.306 e. The van der Waals surface area contributed by atoms with E-state index < -0.39 is 32.5 Å². The van der Waals surface area contributed by atoms with Gasteiger partial charge in [0.25, 0.3) is 7.82 Å². The minimum Gasteiger partial charge on any atom is -0.756 e. The lowest BCUT2D eigenvalue weighted by Gasteiger charge is -2.28. The molecule has 0 aromatic heterocycles. The van der Waals surface area contributed by atoms with Crippen molar-refractivity contribution in [1.82, 2.24) is 0 Å². The van der Waals surface area contributed by atoms with E-state index in [9.17, 15) is 19.0 Å². The monoisotopic (exact) mass is 808 g/mol. The molecule has 324 valence electrons. The van der Waals surface area contributed by atoms with Gasteiger partial charge in [0.15, 0.2) is 6.10 Å². The number of rotatable bonds is 39. The van der Waals surface area contributed by atoms with Crippen LogP contribution in [0.15, 0.2) is 60.8 Å². The van der Waals surface area contributed by atoms with Crippen LogP contribution in [0.25, 0.3) is 0 Å². The molecule has 10 heteroatoms. The normalized spacial score (nSPS) is 14.2. The van der Waals surface area contributed by atoms with Crippen molar-refractivity contribution in [2.75, 3.05) is 47.5 Å². The smallest absolute Gasteiger partial charge is 0.306 e. The largest absolute Gasteiger partial charge is 0.756 e. The highest BCUT2D eigenvalue weighted by molar-refractivity contribution is 7.45. The molecule has 0 aromatic rings. The molecule has 0 aliphatic carbocycles. The molecule has 56 heavy (non-hydrogen) atoms. The maximum absolute atomic E-state index is 12.7. The molecule has 0 aliphatic rings. The van der Waals surface area contributed by atoms with Crippen LogP contribution in [-0.2, 0) is 32.7 Å². The van der Waals surface area contributed by atoms with Gasteiger partial charge in [-0.25, -0.2) is 0 Å². The van der Waals surface area contributed by atoms with Crippen LogP contribution in [-0.4, -0.2) is 70.0 Å². The van der Waals surface area contributed by atoms with Crippen LogP contribution in [0.2, 0.25) is 0 Å². The summed E-state index contributed by atoms with van der Waals surface area (Å²) in [6, 6.07) is 0. The van der Waals surface area contributed by atoms with Gasteiger partial charge < -0.3 is 27.9 Å². The zero-order valence-corrected chi connectivity index (χ0v) is 37.2. The van der Waals surface area contributed by atoms with Crippen molar-refractivity contribution in [1.29, 1.82) is 0 Å². The standard InChI is InChI=1S/C46H82NO8P/c1-6-8-10-12-14-16-18-20-22-23-25-27-29-31-33-35-37-39-46(49)55-44(43-54-56(50,51)53-41-40-47(3,4)5)42-52-45(48)38-36-34-32-30-28-26-24-21-19-17-15-13-11-9-7-2/h10,12,16,18,21-24,27,29,44H,6-9,11,13-15,17,19-20,25-26,28,30-43H2,1-5H3/b12-10+,18-16+,23-22+,24-21+,29-27+/t44-/m1/s1. The number of allylic oxidation sites excluding steroid dienone is 10. The van der Waals surface area contributed by atoms with E-state index in [4.69, 9.17) is 18.5 Å². The number of carbonyl (C=O) groups excluding carboxylic acids is 2. The molecule has 2 atom stereocenters. The van der Waals surface area contributed by atoms with E-state index in [1.807, 2.05) is 21.1 Å². The van der Waals surface area contributed by atoms with Gasteiger partial charge in [0, 0.05) is 12.8 Å². The average Bonchev–Trinajstić information content (AvgIpc) is 3.15. The summed E-state index contributed by atoms with van der Waals surface area (Å²) in [6.45, 7) is 4.09. The summed E-state index contributed by atoms with van der Waals surface area (Å²) in [5.41, 5.74) is 0. The van der Waals surface area contributed by atoms with Crippen LogP contribution >= 0.6 is 7.82 Å². The summed E-state index contributed by atoms with van der Waals surface area (Å²) in [6.07, 6.45) is 45.3. The van der Waals surface area contributed by atoms with E-state index in [0.29, 0.717) is 23.9 Å². The molecule has 0 rings (SSSR count). The number of hydrogen-bond donors (Lipinski definition) is 0. The van der Waals surface area contributed by atoms with Crippen molar-refractivity contribution in [3.8, 4) is 0 Å². The molecule has 0 bridgehead atoms. The molecule has 0 aliphatic heterocycles. The van der Waals surface area contributed by atoms with Crippen molar-refractivity contribution >= 4 is 19.8 Å². The number of hydrogen-bond acceptors (Lipinski definition) is 8. The van der Waals surface area contributed by atoms with E-state index >= 15 is 0 Å². The third-order valence-electron chi connectivity index (χ3n) is 8.99. The van der Waals surface area contributed by atoms with Crippen molar-refractivity contribution in [2.45, 2.75) is 174 Å². The molecule has 0 amide bonds. The summed E-state index contributed by atoms with van der Waals surface area (Å²) >= 11 is 0. The highest BCUT2D eigenvalue weighted by Crippen LogP contribution is 2.38. The summed E-state index contributed by atoms with van der Waals surface area (Å²) in [5, 5.41) is 0. The molecule has 0 saturated heterocycles. The molecule has 1 unspecified atom stereocenters. The second-order valence-electron chi connectivity index (χ2n) is 15.7. The quantitative estimate of drug-likeness (QED) is 0.0198. The second-order valence-corrected chi connectivity index (χ2v) is 17.1. The summed E-state index contributed by atoms with van der Waals surface area (Å²) in [5.74, 6) is -0.885. The Morgan fingerprint density at radius 2 is 1.00 bits per heavy atom. The Kier molecular flexibility index (Phi) is 36.7. The molecule has 0 spiro atoms. The Morgan fingerprint density at radius 3 is 1.54 bits per heavy atom. The lowest BCUT2D eigenvalue weighted by atomic mass is 10.1. The van der Waals surface area contributed by atoms with E-state index in [2.05, 4.69) is 74.6 Å². The Bertz CT molecular complexity index is 1140. The molecular formula is C46H82NO8P. The topological polar surface area (TPSA) is 111 Å². The number of phosphoric acid groups is 1. The fourth-order valence-corrected chi connectivity index (χ4v) is 6.25. The fourth-order valence-electron chi connectivity index (χ4n) is 5.52. The van der Waals surface area contributed by atoms with Crippen LogP contribution in [0.4, 0.5) is 0 Å². The molecule has 9 nitrogen and oxygen atoms in total. The first-order valence-electron chi connectivity index (χ1n) is 22.0. The Morgan fingerprint density at radius 1 is 0.554 bits per heavy atom. The zero-order chi connectivity index (χ0) is 41.4. The molecule has 0 saturated carbocycles. The predicted molar refractivity (Wildman–Crippen MR) is 231 cm³/mol. The minimum absolute atomic E-state index is 0.0410. The van der Waals surface area contributed by atoms with Crippen LogP contribution < -0.4 is 4.89 Å². The Labute approximate surface area is 343 Å². The van der Waals surface area contributed by atoms with Gasteiger partial charge >= 0.3 is 11.9 Å². The van der Waals surface area contributed by atoms with Crippen molar-refractivity contribution in [3.63, 3.8) is 0 Å². The first kappa shape index (κ1) is 53.7. The van der Waals surface area contributed by atoms with Gasteiger partial charge in [0.2, 0.25) is 0 Å². The number of unbranched alkanes of at least 4 members (excludes halogenated alkanes) is 15. The van der Waals surface area contributed by atoms with Gasteiger partial charge in [-0.1, -0.05) is 139 Å². The molecule has 0 aromatic carbocycles. The van der Waals surface area contributed by atoms with E-state index in [1.165, 1.54) is 51.4 Å². The molecular weight excluding hydrogens is 725 g/mol. The first-order valence-corrected chi connectivity index (χ1v) is 23.5. The first-order chi connectivity index (χ1) is 27.0. The molecule has 0 fully saturated rings. The summed E-state index contributed by atoms with van der Waals surface area (Å²) in [4.78, 5) is 37.5. The molecule has 0 radical (unpaired) electrons. The lowest BCUT2D eigenvalue weighted by molar-refractivity contribution is -0.870. The van der Waals surface area contributed by atoms with Crippen LogP contribution in [0.3, 0.4) is 0 Å². The number of phosphoric ester groups is 1. The van der Waals surface area contributed by atoms with Crippen molar-refractivity contribution in [2.24, 2.45) is 0 Å². The fraction of sp³-hybridized carbons (Fsp3) is 0.739. The minimum atomic E-state index is -4.64. The number of nitrogens with zero attached hydrogens (tertiary/aromatic N) is 1. The zero-order valence-electron chi connectivity index (χ0n) is 36.3. The van der Waals surface area contributed by atoms with Gasteiger partial charge in [0.05, 0.1) is 27.7 Å². The Balaban J connectivity index is 4.45. The number of quaternary nitrogens is 1. The van der Waals surface area contributed by atoms with Crippen molar-refractivity contribution < 1.29 is 42.1 Å². The number of likely N-dealkylation sites (N-methyl/N-ethyl adjacent to an activating group) is 1. The van der Waals surface area contributed by atoms with Gasteiger partial charge in [0.1, 0.15) is 19.8 Å². The van der Waals surface area contributed by atoms with Crippen LogP contribution in [0.5, 0.6) is 0 Å². The number of esters is 2. The van der Waals surface area contributed by atoms with E-state index in [0.717, 1.165) is 77.0 Å². The predicted octanol–water partition coefficient (Wildman–Crippen LogP) is 11.8. The van der Waals surface area contributed by atoms with Gasteiger partial charge in [-0.05, 0) is 77.0 Å². The summed E-state index contributed by atoms with van der Waals surface area (Å²) < 4.78 is 33.8. The highest BCUT2D eigenvalue weighted by Gasteiger charge is 2.21. The second kappa shape index (κ2) is 38.2. The lowest BCUT2D eigenvalue weighted by Crippen LogP contribution is -2.37. The SMILES string of the molecule is CCC/C=C/C/C=C/C/C=C/C/C=C/CCCCCC(=O)O[C@H](COC(=O)CCCCCCC/C=C/CCCCCCCC)COP(=O)([O-])OCC[N+](C)(C)C.